The number of hydrogen-bond donors (Lipinski definition) is 1. The van der Waals surface area contributed by atoms with E-state index in [0.717, 1.165) is 28.8 Å². The van der Waals surface area contributed by atoms with Crippen LogP contribution in [0.25, 0.3) is 5.70 Å². The lowest BCUT2D eigenvalue weighted by Crippen LogP contribution is -2.40. The zero-order valence-electron chi connectivity index (χ0n) is 19.7. The molecule has 0 fully saturated rings. The summed E-state index contributed by atoms with van der Waals surface area (Å²) in [5.41, 5.74) is 5.34. The zero-order chi connectivity index (χ0) is 24.5. The Morgan fingerprint density at radius 3 is 2.53 bits per heavy atom. The highest BCUT2D eigenvalue weighted by molar-refractivity contribution is 6.05. The summed E-state index contributed by atoms with van der Waals surface area (Å²) < 4.78 is 28.2. The van der Waals surface area contributed by atoms with Crippen molar-refractivity contribution in [3.63, 3.8) is 0 Å². The number of hydrogen-bond acceptors (Lipinski definition) is 3. The van der Waals surface area contributed by atoms with Crippen molar-refractivity contribution in [2.45, 2.75) is 53.0 Å². The molecule has 1 heterocycles. The standard InChI is InChI=1S/C23H26F2N4O.C2H6.H2/c1-7-17(16-12-10-11-15(4)13-16)26-18(8-2)19(9-3)27-22(30)20-14-21(23(5,24)25)28-29(20)6;1-2;/h8,10-14,19H,1-2,9H2,3-6H3,(H,27,30);1-2H3;1H/t19-;;/m1../s1. The van der Waals surface area contributed by atoms with Crippen LogP contribution in [0.15, 0.2) is 60.3 Å². The molecule has 0 saturated heterocycles. The molecule has 1 atom stereocenters. The fourth-order valence-electron chi connectivity index (χ4n) is 2.91. The third-order valence-corrected chi connectivity index (χ3v) is 4.54. The van der Waals surface area contributed by atoms with Gasteiger partial charge in [-0.25, -0.2) is 4.99 Å². The van der Waals surface area contributed by atoms with Crippen LogP contribution in [0.2, 0.25) is 0 Å². The molecule has 0 unspecified atom stereocenters. The van der Waals surface area contributed by atoms with Crippen LogP contribution in [0.4, 0.5) is 8.78 Å². The topological polar surface area (TPSA) is 59.3 Å². The van der Waals surface area contributed by atoms with E-state index in [0.29, 0.717) is 17.8 Å². The van der Waals surface area contributed by atoms with Gasteiger partial charge in [0.05, 0.1) is 11.8 Å². The molecule has 1 amide bonds. The van der Waals surface area contributed by atoms with Gasteiger partial charge >= 0.3 is 0 Å². The van der Waals surface area contributed by atoms with Gasteiger partial charge in [-0.3, -0.25) is 9.48 Å². The van der Waals surface area contributed by atoms with Crippen molar-refractivity contribution < 1.29 is 15.0 Å². The van der Waals surface area contributed by atoms with Gasteiger partial charge in [0.15, 0.2) is 0 Å². The average Bonchev–Trinajstić information content (AvgIpc) is 3.17. The Hall–Kier alpha value is -3.31. The Bertz CT molecular complexity index is 1030. The first-order chi connectivity index (χ1) is 15.1. The lowest BCUT2D eigenvalue weighted by Gasteiger charge is -2.18. The highest BCUT2D eigenvalue weighted by atomic mass is 19.3. The number of amides is 1. The Kier molecular flexibility index (Phi) is 9.95. The Morgan fingerprint density at radius 2 is 2.06 bits per heavy atom. The second-order valence-electron chi connectivity index (χ2n) is 7.00. The molecule has 2 rings (SSSR count). The molecule has 0 radical (unpaired) electrons. The van der Waals surface area contributed by atoms with Gasteiger partial charge in [-0.2, -0.15) is 13.9 Å². The summed E-state index contributed by atoms with van der Waals surface area (Å²) in [5, 5.41) is 6.57. The van der Waals surface area contributed by atoms with E-state index >= 15 is 0 Å². The van der Waals surface area contributed by atoms with Gasteiger partial charge in [0.1, 0.15) is 17.1 Å². The molecule has 1 aromatic heterocycles. The van der Waals surface area contributed by atoms with Crippen LogP contribution >= 0.6 is 0 Å². The van der Waals surface area contributed by atoms with E-state index in [-0.39, 0.29) is 7.12 Å². The molecule has 2 aromatic rings. The maximum absolute atomic E-state index is 13.5. The average molecular weight is 445 g/mol. The molecule has 0 saturated carbocycles. The van der Waals surface area contributed by atoms with E-state index in [1.807, 2.05) is 52.0 Å². The minimum Gasteiger partial charge on any atom is -0.342 e. The number of nitrogens with zero attached hydrogens (tertiary/aromatic N) is 3. The number of aryl methyl sites for hydroxylation is 2. The first kappa shape index (κ1) is 26.7. The summed E-state index contributed by atoms with van der Waals surface area (Å²) >= 11 is 0. The number of halogens is 2. The molecule has 32 heavy (non-hydrogen) atoms. The summed E-state index contributed by atoms with van der Waals surface area (Å²) in [7, 11) is 1.45. The first-order valence-electron chi connectivity index (χ1n) is 10.5. The highest BCUT2D eigenvalue weighted by Crippen LogP contribution is 2.26. The second kappa shape index (κ2) is 11.9. The van der Waals surface area contributed by atoms with Crippen LogP contribution in [0, 0.1) is 6.92 Å². The number of rotatable bonds is 8. The number of carbonyl (C=O) groups is 1. The van der Waals surface area contributed by atoms with Crippen LogP contribution in [0.3, 0.4) is 0 Å². The number of aliphatic imine (C=N–C) groups is 1. The van der Waals surface area contributed by atoms with Crippen molar-refractivity contribution >= 4 is 17.3 Å². The van der Waals surface area contributed by atoms with Gasteiger partial charge in [-0.15, -0.1) is 5.73 Å². The first-order valence-corrected chi connectivity index (χ1v) is 10.5. The molecule has 0 spiro atoms. The lowest BCUT2D eigenvalue weighted by atomic mass is 10.1. The van der Waals surface area contributed by atoms with Gasteiger partial charge in [0.25, 0.3) is 11.8 Å². The van der Waals surface area contributed by atoms with E-state index in [4.69, 9.17) is 0 Å². The molecule has 1 N–H and O–H groups in total. The predicted octanol–water partition coefficient (Wildman–Crippen LogP) is 6.07. The number of benzene rings is 1. The van der Waals surface area contributed by atoms with Crippen molar-refractivity contribution in [2.24, 2.45) is 12.0 Å². The maximum atomic E-state index is 13.5. The van der Waals surface area contributed by atoms with Crippen molar-refractivity contribution in [1.29, 1.82) is 0 Å². The van der Waals surface area contributed by atoms with Crippen molar-refractivity contribution in [3.8, 4) is 0 Å². The third-order valence-electron chi connectivity index (χ3n) is 4.54. The molecule has 7 heteroatoms. The van der Waals surface area contributed by atoms with Crippen LogP contribution in [-0.2, 0) is 13.0 Å². The molecule has 0 aliphatic carbocycles. The Balaban J connectivity index is 0.00000332. The van der Waals surface area contributed by atoms with E-state index in [1.54, 1.807) is 6.08 Å². The largest absolute Gasteiger partial charge is 0.342 e. The second-order valence-corrected chi connectivity index (χ2v) is 7.00. The fourth-order valence-corrected chi connectivity index (χ4v) is 2.91. The van der Waals surface area contributed by atoms with Gasteiger partial charge in [0.2, 0.25) is 0 Å². The molecule has 0 aliphatic heterocycles. The number of aromatic nitrogens is 2. The Labute approximate surface area is 190 Å². The van der Waals surface area contributed by atoms with E-state index in [2.05, 4.69) is 34.3 Å². The Morgan fingerprint density at radius 1 is 1.41 bits per heavy atom. The van der Waals surface area contributed by atoms with Crippen LogP contribution in [0.5, 0.6) is 0 Å². The molecular formula is C25H34F2N4O. The molecular weight excluding hydrogens is 410 g/mol. The number of alkyl halides is 2. The molecule has 0 aliphatic rings. The maximum Gasteiger partial charge on any atom is 0.288 e. The van der Waals surface area contributed by atoms with Gasteiger partial charge in [-0.1, -0.05) is 57.7 Å². The summed E-state index contributed by atoms with van der Waals surface area (Å²) in [6, 6.07) is 8.34. The SMILES string of the molecule is C=C=C(N=C(C=C)[C@@H](CC)NC(=O)c1cc(C(C)(F)F)nn1C)c1cccc(C)c1.CC.[HH]. The minimum absolute atomic E-state index is 0. The van der Waals surface area contributed by atoms with Crippen molar-refractivity contribution in [1.82, 2.24) is 15.1 Å². The van der Waals surface area contributed by atoms with Crippen molar-refractivity contribution in [3.05, 3.63) is 77.8 Å². The molecule has 0 bridgehead atoms. The van der Waals surface area contributed by atoms with Crippen LogP contribution in [-0.4, -0.2) is 27.4 Å². The van der Waals surface area contributed by atoms with Gasteiger partial charge < -0.3 is 5.32 Å². The van der Waals surface area contributed by atoms with E-state index in [9.17, 15) is 13.6 Å². The summed E-state index contributed by atoms with van der Waals surface area (Å²) in [5.74, 6) is -3.66. The van der Waals surface area contributed by atoms with Crippen molar-refractivity contribution in [2.75, 3.05) is 0 Å². The molecule has 1 aromatic carbocycles. The minimum atomic E-state index is -3.13. The van der Waals surface area contributed by atoms with E-state index < -0.39 is 23.6 Å². The van der Waals surface area contributed by atoms with E-state index in [1.165, 1.54) is 7.05 Å². The zero-order valence-corrected chi connectivity index (χ0v) is 19.7. The highest BCUT2D eigenvalue weighted by Gasteiger charge is 2.30. The van der Waals surface area contributed by atoms with Crippen LogP contribution < -0.4 is 5.32 Å². The fraction of sp³-hybridized carbons (Fsp3) is 0.360. The third kappa shape index (κ3) is 6.86. The normalized spacial score (nSPS) is 12.2. The summed E-state index contributed by atoms with van der Waals surface area (Å²) in [6.45, 7) is 16.1. The lowest BCUT2D eigenvalue weighted by molar-refractivity contribution is 0.0122. The van der Waals surface area contributed by atoms with Crippen LogP contribution in [0.1, 0.15) is 62.9 Å². The quantitative estimate of drug-likeness (QED) is 0.397. The smallest absolute Gasteiger partial charge is 0.288 e. The summed E-state index contributed by atoms with van der Waals surface area (Å²) in [6.07, 6.45) is 2.07. The predicted molar refractivity (Wildman–Crippen MR) is 129 cm³/mol. The van der Waals surface area contributed by atoms with Gasteiger partial charge in [-0.05, 0) is 31.6 Å². The number of nitrogens with one attached hydrogen (secondary N) is 1. The monoisotopic (exact) mass is 444 g/mol. The molecule has 174 valence electrons. The number of carbonyl (C=O) groups excluding carboxylic acids is 1. The summed E-state index contributed by atoms with van der Waals surface area (Å²) in [4.78, 5) is 17.3. The van der Waals surface area contributed by atoms with Gasteiger partial charge in [0, 0.05) is 21.0 Å². The molecule has 5 nitrogen and oxygen atoms in total.